The van der Waals surface area contributed by atoms with Crippen molar-refractivity contribution in [3.05, 3.63) is 71.8 Å². The first-order valence-corrected chi connectivity index (χ1v) is 7.55. The Kier molecular flexibility index (Phi) is 3.44. The normalized spacial score (nSPS) is 27.7. The molecular weight excluding hydrogens is 302 g/mol. The Morgan fingerprint density at radius 1 is 0.739 bits per heavy atom. The molecule has 2 saturated heterocycles. The van der Waals surface area contributed by atoms with Gasteiger partial charge in [-0.1, -0.05) is 60.7 Å². The second-order valence-electron chi connectivity index (χ2n) is 5.77. The minimum Gasteiger partial charge on any atom is -0.366 e. The fourth-order valence-electron chi connectivity index (χ4n) is 2.69. The van der Waals surface area contributed by atoms with Crippen molar-refractivity contribution in [3.8, 4) is 0 Å². The highest BCUT2D eigenvalue weighted by molar-refractivity contribution is 5.27. The summed E-state index contributed by atoms with van der Waals surface area (Å²) in [6, 6.07) is 16.6. The predicted octanol–water partition coefficient (Wildman–Crippen LogP) is 3.45. The Morgan fingerprint density at radius 2 is 1.09 bits per heavy atom. The molecule has 4 unspecified atom stereocenters. The van der Waals surface area contributed by atoms with Crippen LogP contribution in [0.3, 0.4) is 0 Å². The van der Waals surface area contributed by atoms with Crippen molar-refractivity contribution in [3.63, 3.8) is 0 Å². The minimum atomic E-state index is -2.36. The van der Waals surface area contributed by atoms with E-state index in [0.29, 0.717) is 0 Å². The Hall–Kier alpha value is -1.82. The summed E-state index contributed by atoms with van der Waals surface area (Å²) in [4.78, 5) is 0. The van der Waals surface area contributed by atoms with Crippen LogP contribution in [0.5, 0.6) is 0 Å². The molecule has 2 heterocycles. The standard InChI is InChI=1S/C18H16F2O3/c19-17(15-11-21-15,13-7-3-1-4-8-13)23-18(20,16-12-22-16)14-9-5-2-6-10-14/h1-10,15-16H,11-12H2. The third-order valence-corrected chi connectivity index (χ3v) is 4.13. The van der Waals surface area contributed by atoms with Crippen LogP contribution < -0.4 is 0 Å². The summed E-state index contributed by atoms with van der Waals surface area (Å²) in [5.74, 6) is -4.73. The second-order valence-corrected chi connectivity index (χ2v) is 5.77. The highest BCUT2D eigenvalue weighted by Gasteiger charge is 2.60. The third-order valence-electron chi connectivity index (χ3n) is 4.13. The lowest BCUT2D eigenvalue weighted by Gasteiger charge is -2.33. The van der Waals surface area contributed by atoms with Gasteiger partial charge >= 0.3 is 0 Å². The van der Waals surface area contributed by atoms with Gasteiger partial charge in [-0.2, -0.15) is 0 Å². The van der Waals surface area contributed by atoms with Gasteiger partial charge in [0.2, 0.25) is 0 Å². The summed E-state index contributed by atoms with van der Waals surface area (Å²) >= 11 is 0. The molecule has 2 aromatic rings. The molecule has 0 bridgehead atoms. The van der Waals surface area contributed by atoms with Crippen LogP contribution in [0.25, 0.3) is 0 Å². The summed E-state index contributed by atoms with van der Waals surface area (Å²) in [6.45, 7) is 0.392. The van der Waals surface area contributed by atoms with Gasteiger partial charge in [-0.25, -0.2) is 8.78 Å². The first-order valence-electron chi connectivity index (χ1n) is 7.55. The number of hydrogen-bond donors (Lipinski definition) is 0. The van der Waals surface area contributed by atoms with Crippen LogP contribution in [-0.4, -0.2) is 25.4 Å². The molecule has 120 valence electrons. The van der Waals surface area contributed by atoms with E-state index < -0.39 is 23.9 Å². The Morgan fingerprint density at radius 3 is 1.39 bits per heavy atom. The predicted molar refractivity (Wildman–Crippen MR) is 79.0 cm³/mol. The summed E-state index contributed by atoms with van der Waals surface area (Å²) in [6.07, 6.45) is -1.63. The fourth-order valence-corrected chi connectivity index (χ4v) is 2.69. The van der Waals surface area contributed by atoms with Crippen LogP contribution in [-0.2, 0) is 25.9 Å². The Bertz CT molecular complexity index is 614. The molecule has 0 aromatic heterocycles. The molecule has 5 heteroatoms. The van der Waals surface area contributed by atoms with Crippen LogP contribution in [0.1, 0.15) is 11.1 Å². The topological polar surface area (TPSA) is 34.3 Å². The summed E-state index contributed by atoms with van der Waals surface area (Å²) in [5, 5.41) is 0. The minimum absolute atomic E-state index is 0.196. The number of ether oxygens (including phenoxy) is 3. The van der Waals surface area contributed by atoms with Gasteiger partial charge < -0.3 is 9.47 Å². The molecular formula is C18H16F2O3. The van der Waals surface area contributed by atoms with E-state index in [-0.39, 0.29) is 24.3 Å². The maximum Gasteiger partial charge on any atom is 0.267 e. The zero-order chi connectivity index (χ0) is 15.9. The highest BCUT2D eigenvalue weighted by Crippen LogP contribution is 2.49. The van der Waals surface area contributed by atoms with Gasteiger partial charge in [0, 0.05) is 11.1 Å². The van der Waals surface area contributed by atoms with Gasteiger partial charge in [0.05, 0.1) is 13.2 Å². The van der Waals surface area contributed by atoms with Crippen LogP contribution in [0.4, 0.5) is 8.78 Å². The third kappa shape index (κ3) is 2.65. The molecule has 3 nitrogen and oxygen atoms in total. The Labute approximate surface area is 132 Å². The molecule has 2 aromatic carbocycles. The lowest BCUT2D eigenvalue weighted by molar-refractivity contribution is -0.302. The monoisotopic (exact) mass is 318 g/mol. The molecule has 0 amide bonds. The van der Waals surface area contributed by atoms with Gasteiger partial charge in [-0.05, 0) is 0 Å². The van der Waals surface area contributed by atoms with E-state index in [1.807, 2.05) is 0 Å². The molecule has 2 aliphatic rings. The molecule has 0 radical (unpaired) electrons. The molecule has 2 fully saturated rings. The van der Waals surface area contributed by atoms with Crippen molar-refractivity contribution in [2.24, 2.45) is 0 Å². The van der Waals surface area contributed by atoms with E-state index in [1.54, 1.807) is 60.7 Å². The van der Waals surface area contributed by atoms with Crippen LogP contribution in [0.2, 0.25) is 0 Å². The molecule has 23 heavy (non-hydrogen) atoms. The average Bonchev–Trinajstić information content (AvgIpc) is 3.48. The van der Waals surface area contributed by atoms with Crippen LogP contribution in [0, 0.1) is 0 Å². The number of hydrogen-bond acceptors (Lipinski definition) is 3. The number of rotatable bonds is 6. The first-order chi connectivity index (χ1) is 11.1. The number of epoxide rings is 2. The Balaban J connectivity index is 1.73. The van der Waals surface area contributed by atoms with Crippen molar-refractivity contribution in [2.45, 2.75) is 23.9 Å². The molecule has 4 atom stereocenters. The number of halogens is 2. The SMILES string of the molecule is FC(OC(F)(c1ccccc1)C1CO1)(c1ccccc1)C1CO1. The van der Waals surface area contributed by atoms with Gasteiger partial charge in [-0.3, -0.25) is 4.74 Å². The molecule has 0 aliphatic carbocycles. The van der Waals surface area contributed by atoms with E-state index >= 15 is 8.78 Å². The van der Waals surface area contributed by atoms with Crippen molar-refractivity contribution < 1.29 is 23.0 Å². The van der Waals surface area contributed by atoms with E-state index in [2.05, 4.69) is 0 Å². The zero-order valence-corrected chi connectivity index (χ0v) is 12.3. The van der Waals surface area contributed by atoms with E-state index in [4.69, 9.17) is 14.2 Å². The van der Waals surface area contributed by atoms with Gasteiger partial charge in [-0.15, -0.1) is 0 Å². The van der Waals surface area contributed by atoms with E-state index in [9.17, 15) is 0 Å². The molecule has 2 aliphatic heterocycles. The van der Waals surface area contributed by atoms with Crippen molar-refractivity contribution in [2.75, 3.05) is 13.2 Å². The zero-order valence-electron chi connectivity index (χ0n) is 12.3. The maximum absolute atomic E-state index is 15.6. The fraction of sp³-hybridized carbons (Fsp3) is 0.333. The van der Waals surface area contributed by atoms with Crippen LogP contribution >= 0.6 is 0 Å². The maximum atomic E-state index is 15.6. The quantitative estimate of drug-likeness (QED) is 0.765. The first kappa shape index (κ1) is 14.8. The summed E-state index contributed by atoms with van der Waals surface area (Å²) in [7, 11) is 0. The number of alkyl halides is 2. The summed E-state index contributed by atoms with van der Waals surface area (Å²) in [5.41, 5.74) is 0.474. The smallest absolute Gasteiger partial charge is 0.267 e. The average molecular weight is 318 g/mol. The van der Waals surface area contributed by atoms with Crippen molar-refractivity contribution in [1.82, 2.24) is 0 Å². The van der Waals surface area contributed by atoms with Crippen molar-refractivity contribution >= 4 is 0 Å². The number of benzene rings is 2. The largest absolute Gasteiger partial charge is 0.366 e. The van der Waals surface area contributed by atoms with E-state index in [0.717, 1.165) is 0 Å². The summed E-state index contributed by atoms with van der Waals surface area (Å²) < 4.78 is 46.9. The lowest BCUT2D eigenvalue weighted by Crippen LogP contribution is -2.42. The second kappa shape index (κ2) is 5.37. The van der Waals surface area contributed by atoms with Gasteiger partial charge in [0.15, 0.2) is 0 Å². The molecule has 0 saturated carbocycles. The highest BCUT2D eigenvalue weighted by atomic mass is 19.2. The van der Waals surface area contributed by atoms with Crippen molar-refractivity contribution in [1.29, 1.82) is 0 Å². The van der Waals surface area contributed by atoms with Crippen LogP contribution in [0.15, 0.2) is 60.7 Å². The lowest BCUT2D eigenvalue weighted by atomic mass is 10.0. The van der Waals surface area contributed by atoms with Gasteiger partial charge in [0.1, 0.15) is 12.2 Å². The molecule has 4 rings (SSSR count). The molecule has 0 N–H and O–H groups in total. The van der Waals surface area contributed by atoms with Gasteiger partial charge in [0.25, 0.3) is 11.7 Å². The van der Waals surface area contributed by atoms with E-state index in [1.165, 1.54) is 0 Å². The molecule has 0 spiro atoms.